The second-order valence-electron chi connectivity index (χ2n) is 6.85. The van der Waals surface area contributed by atoms with Crippen LogP contribution in [0.2, 0.25) is 10.0 Å². The number of rotatable bonds is 9. The van der Waals surface area contributed by atoms with Crippen LogP contribution in [0.5, 0.6) is 0 Å². The summed E-state index contributed by atoms with van der Waals surface area (Å²) in [6.45, 7) is 2.54. The van der Waals surface area contributed by atoms with Crippen LogP contribution in [0, 0.1) is 6.92 Å². The molecular formula is C21H21Cl2N3O3S2. The van der Waals surface area contributed by atoms with Crippen LogP contribution in [-0.4, -0.2) is 25.9 Å². The molecule has 0 radical (unpaired) electrons. The lowest BCUT2D eigenvalue weighted by molar-refractivity contribution is 0.0953. The van der Waals surface area contributed by atoms with Crippen molar-refractivity contribution < 1.29 is 13.2 Å². The minimum Gasteiger partial charge on any atom is -0.352 e. The maximum Gasteiger partial charge on any atom is 0.263 e. The van der Waals surface area contributed by atoms with Gasteiger partial charge in [0.25, 0.3) is 15.9 Å². The van der Waals surface area contributed by atoms with E-state index in [2.05, 4.69) is 15.0 Å². The summed E-state index contributed by atoms with van der Waals surface area (Å²) >= 11 is 13.5. The van der Waals surface area contributed by atoms with Crippen LogP contribution in [0.4, 0.5) is 5.69 Å². The van der Waals surface area contributed by atoms with Gasteiger partial charge >= 0.3 is 0 Å². The van der Waals surface area contributed by atoms with Gasteiger partial charge < -0.3 is 5.32 Å². The predicted octanol–water partition coefficient (Wildman–Crippen LogP) is 5.31. The van der Waals surface area contributed by atoms with Crippen molar-refractivity contribution in [2.75, 3.05) is 11.3 Å². The first kappa shape index (κ1) is 23.5. The molecule has 2 N–H and O–H groups in total. The number of thiazole rings is 1. The Bertz CT molecular complexity index is 1160. The van der Waals surface area contributed by atoms with Crippen LogP contribution in [0.15, 0.2) is 52.7 Å². The third-order valence-electron chi connectivity index (χ3n) is 4.35. The molecule has 1 aromatic heterocycles. The Kier molecular flexibility index (Phi) is 7.94. The molecule has 0 atom stereocenters. The number of carbonyl (C=O) groups is 1. The van der Waals surface area contributed by atoms with Crippen LogP contribution in [0.25, 0.3) is 0 Å². The topological polar surface area (TPSA) is 88.2 Å². The Labute approximate surface area is 195 Å². The zero-order chi connectivity index (χ0) is 22.4. The number of amides is 1. The lowest BCUT2D eigenvalue weighted by atomic mass is 10.2. The predicted molar refractivity (Wildman–Crippen MR) is 126 cm³/mol. The fraction of sp³-hybridized carbons (Fsp3) is 0.238. The van der Waals surface area contributed by atoms with Crippen LogP contribution in [-0.2, 0) is 16.4 Å². The van der Waals surface area contributed by atoms with Crippen molar-refractivity contribution in [1.29, 1.82) is 0 Å². The first-order valence-electron chi connectivity index (χ1n) is 9.52. The number of aryl methyl sites for hydroxylation is 2. The molecule has 1 heterocycles. The Hall–Kier alpha value is -2.13. The molecular weight excluding hydrogens is 477 g/mol. The van der Waals surface area contributed by atoms with E-state index >= 15 is 0 Å². The Morgan fingerprint density at radius 2 is 1.84 bits per heavy atom. The molecule has 0 aliphatic heterocycles. The Balaban J connectivity index is 1.51. The number of anilines is 1. The smallest absolute Gasteiger partial charge is 0.263 e. The van der Waals surface area contributed by atoms with E-state index in [-0.39, 0.29) is 20.8 Å². The fourth-order valence-corrected chi connectivity index (χ4v) is 5.45. The van der Waals surface area contributed by atoms with Gasteiger partial charge in [0.1, 0.15) is 4.90 Å². The Morgan fingerprint density at radius 1 is 1.10 bits per heavy atom. The maximum atomic E-state index is 12.6. The number of nitrogens with zero attached hydrogens (tertiary/aromatic N) is 1. The van der Waals surface area contributed by atoms with Crippen molar-refractivity contribution in [1.82, 2.24) is 10.3 Å². The van der Waals surface area contributed by atoms with Gasteiger partial charge in [-0.1, -0.05) is 23.2 Å². The summed E-state index contributed by atoms with van der Waals surface area (Å²) in [5.41, 5.74) is 1.79. The summed E-state index contributed by atoms with van der Waals surface area (Å²) in [6.07, 6.45) is 2.70. The number of aromatic nitrogens is 1. The molecule has 0 unspecified atom stereocenters. The molecule has 0 aliphatic carbocycles. The van der Waals surface area contributed by atoms with E-state index in [4.69, 9.17) is 23.2 Å². The average Bonchev–Trinajstić information content (AvgIpc) is 3.14. The molecule has 0 fully saturated rings. The molecule has 3 rings (SSSR count). The van der Waals surface area contributed by atoms with Crippen molar-refractivity contribution in [3.63, 3.8) is 0 Å². The van der Waals surface area contributed by atoms with E-state index < -0.39 is 10.0 Å². The van der Waals surface area contributed by atoms with E-state index in [0.717, 1.165) is 30.0 Å². The highest BCUT2D eigenvalue weighted by Crippen LogP contribution is 2.27. The minimum absolute atomic E-state index is 0.0675. The standard InChI is InChI=1S/C21H21Cl2N3O3S2/c1-14-13-30-20(25-14)4-2-3-11-24-21(27)15-5-8-17(9-6-15)26-31(28,29)19-12-16(22)7-10-18(19)23/h5-10,12-13,26H,2-4,11H2,1H3,(H,24,27). The second-order valence-corrected chi connectivity index (χ2v) is 10.3. The third kappa shape index (κ3) is 6.67. The van der Waals surface area contributed by atoms with E-state index in [0.29, 0.717) is 17.8 Å². The number of carbonyl (C=O) groups excluding carboxylic acids is 1. The summed E-state index contributed by atoms with van der Waals surface area (Å²) in [5.74, 6) is -0.211. The number of sulfonamides is 1. The normalized spacial score (nSPS) is 11.3. The highest BCUT2D eigenvalue weighted by Gasteiger charge is 2.19. The number of halogens is 2. The van der Waals surface area contributed by atoms with Crippen molar-refractivity contribution in [3.8, 4) is 0 Å². The molecule has 0 saturated carbocycles. The molecule has 0 spiro atoms. The van der Waals surface area contributed by atoms with Crippen LogP contribution >= 0.6 is 34.5 Å². The zero-order valence-corrected chi connectivity index (χ0v) is 19.8. The van der Waals surface area contributed by atoms with Gasteiger partial charge in [-0.25, -0.2) is 13.4 Å². The van der Waals surface area contributed by atoms with Gasteiger partial charge in [0, 0.05) is 33.9 Å². The van der Waals surface area contributed by atoms with Crippen LogP contribution in [0.1, 0.15) is 33.9 Å². The molecule has 3 aromatic rings. The molecule has 0 saturated heterocycles. The first-order valence-corrected chi connectivity index (χ1v) is 12.6. The number of nitrogens with one attached hydrogen (secondary N) is 2. The molecule has 164 valence electrons. The Morgan fingerprint density at radius 3 is 2.52 bits per heavy atom. The van der Waals surface area contributed by atoms with Gasteiger partial charge in [0.05, 0.1) is 10.0 Å². The molecule has 1 amide bonds. The number of benzene rings is 2. The van der Waals surface area contributed by atoms with Gasteiger partial charge in [-0.2, -0.15) is 0 Å². The van der Waals surface area contributed by atoms with Gasteiger partial charge in [0.2, 0.25) is 0 Å². The minimum atomic E-state index is -3.91. The van der Waals surface area contributed by atoms with E-state index in [1.807, 2.05) is 12.3 Å². The van der Waals surface area contributed by atoms with E-state index in [9.17, 15) is 13.2 Å². The van der Waals surface area contributed by atoms with Gasteiger partial charge in [-0.3, -0.25) is 9.52 Å². The van der Waals surface area contributed by atoms with E-state index in [1.165, 1.54) is 30.3 Å². The summed E-state index contributed by atoms with van der Waals surface area (Å²) in [5, 5.41) is 6.35. The monoisotopic (exact) mass is 497 g/mol. The van der Waals surface area contributed by atoms with Gasteiger partial charge in [0.15, 0.2) is 0 Å². The van der Waals surface area contributed by atoms with Crippen molar-refractivity contribution in [3.05, 3.63) is 74.2 Å². The van der Waals surface area contributed by atoms with Gasteiger partial charge in [-0.15, -0.1) is 11.3 Å². The first-order chi connectivity index (χ1) is 14.7. The largest absolute Gasteiger partial charge is 0.352 e. The highest BCUT2D eigenvalue weighted by atomic mass is 35.5. The van der Waals surface area contributed by atoms with Crippen molar-refractivity contribution in [2.24, 2.45) is 0 Å². The highest BCUT2D eigenvalue weighted by molar-refractivity contribution is 7.92. The molecule has 0 aliphatic rings. The van der Waals surface area contributed by atoms with Crippen LogP contribution < -0.4 is 10.0 Å². The molecule has 2 aromatic carbocycles. The molecule has 6 nitrogen and oxygen atoms in total. The summed E-state index contributed by atoms with van der Waals surface area (Å²) in [4.78, 5) is 16.6. The van der Waals surface area contributed by atoms with E-state index in [1.54, 1.807) is 23.5 Å². The summed E-state index contributed by atoms with van der Waals surface area (Å²) in [6, 6.07) is 10.4. The number of unbranched alkanes of at least 4 members (excludes halogenated alkanes) is 1. The lowest BCUT2D eigenvalue weighted by Gasteiger charge is -2.11. The molecule has 31 heavy (non-hydrogen) atoms. The summed E-state index contributed by atoms with van der Waals surface area (Å²) < 4.78 is 27.6. The van der Waals surface area contributed by atoms with Crippen molar-refractivity contribution >= 4 is 56.2 Å². The maximum absolute atomic E-state index is 12.6. The average molecular weight is 498 g/mol. The molecule has 0 bridgehead atoms. The van der Waals surface area contributed by atoms with Crippen molar-refractivity contribution in [2.45, 2.75) is 31.1 Å². The van der Waals surface area contributed by atoms with Crippen LogP contribution in [0.3, 0.4) is 0 Å². The SMILES string of the molecule is Cc1csc(CCCCNC(=O)c2ccc(NS(=O)(=O)c3cc(Cl)ccc3Cl)cc2)n1. The second kappa shape index (κ2) is 10.5. The number of hydrogen-bond acceptors (Lipinski definition) is 5. The quantitative estimate of drug-likeness (QED) is 0.392. The fourth-order valence-electron chi connectivity index (χ4n) is 2.81. The zero-order valence-electron chi connectivity index (χ0n) is 16.7. The number of hydrogen-bond donors (Lipinski definition) is 2. The third-order valence-corrected chi connectivity index (χ3v) is 7.48. The molecule has 10 heteroatoms. The summed E-state index contributed by atoms with van der Waals surface area (Å²) in [7, 11) is -3.91. The lowest BCUT2D eigenvalue weighted by Crippen LogP contribution is -2.24. The van der Waals surface area contributed by atoms with Gasteiger partial charge in [-0.05, 0) is 68.7 Å².